The molecule has 0 spiro atoms. The van der Waals surface area contributed by atoms with Crippen LogP contribution in [0, 0.1) is 11.8 Å². The second-order valence-electron chi connectivity index (χ2n) is 16.8. The second-order valence-corrected chi connectivity index (χ2v) is 19.3. The molecular weight excluding hydrogens is 914 g/mol. The molecule has 0 aromatic carbocycles. The fourth-order valence-corrected chi connectivity index (χ4v) is 8.77. The lowest BCUT2D eigenvalue weighted by Gasteiger charge is -2.38. The minimum atomic E-state index is -5.76. The van der Waals surface area contributed by atoms with E-state index >= 15 is 0 Å². The van der Waals surface area contributed by atoms with Crippen molar-refractivity contribution in [2.24, 2.45) is 11.8 Å². The molecule has 67 heavy (non-hydrogen) atoms. The van der Waals surface area contributed by atoms with Gasteiger partial charge in [-0.2, -0.15) is 0 Å². The van der Waals surface area contributed by atoms with Gasteiger partial charge in [-0.05, 0) is 70.3 Å². The van der Waals surface area contributed by atoms with Gasteiger partial charge < -0.3 is 49.7 Å². The first-order chi connectivity index (χ1) is 31.9. The third kappa shape index (κ3) is 26.0. The molecule has 0 aromatic rings. The van der Waals surface area contributed by atoms with E-state index < -0.39 is 107 Å². The van der Waals surface area contributed by atoms with Gasteiger partial charge in [0.1, 0.15) is 31.0 Å². The van der Waals surface area contributed by atoms with E-state index in [0.29, 0.717) is 32.1 Å². The molecule has 2 aliphatic rings. The van der Waals surface area contributed by atoms with Gasteiger partial charge in [-0.15, -0.1) is 0 Å². The molecule has 0 saturated heterocycles. The van der Waals surface area contributed by atoms with E-state index in [9.17, 15) is 63.7 Å². The van der Waals surface area contributed by atoms with Crippen LogP contribution in [0.2, 0.25) is 0 Å². The third-order valence-corrected chi connectivity index (χ3v) is 12.5. The molecule has 2 bridgehead atoms. The maximum atomic E-state index is 13.8. The molecule has 18 nitrogen and oxygen atoms in total. The van der Waals surface area contributed by atoms with Crippen molar-refractivity contribution in [3.63, 3.8) is 0 Å². The van der Waals surface area contributed by atoms with Crippen LogP contribution in [0.3, 0.4) is 0 Å². The molecule has 0 amide bonds. The van der Waals surface area contributed by atoms with Crippen LogP contribution < -0.4 is 0 Å². The molecule has 8 N–H and O–H groups in total. The molecule has 0 aromatic heterocycles. The van der Waals surface area contributed by atoms with Gasteiger partial charge in [0.15, 0.2) is 11.9 Å². The summed E-state index contributed by atoms with van der Waals surface area (Å²) in [5.41, 5.74) is 0. The van der Waals surface area contributed by atoms with Crippen LogP contribution in [0.15, 0.2) is 72.9 Å². The van der Waals surface area contributed by atoms with Crippen LogP contribution in [-0.4, -0.2) is 120 Å². The Morgan fingerprint density at radius 3 is 2.27 bits per heavy atom. The average Bonchev–Trinajstić information content (AvgIpc) is 3.28. The van der Waals surface area contributed by atoms with Crippen molar-refractivity contribution < 1.29 is 86.8 Å². The molecule has 1 aliphatic carbocycles. The summed E-state index contributed by atoms with van der Waals surface area (Å²) in [6.07, 6.45) is 13.8. The number of carbonyl (C=O) groups is 3. The first-order valence-corrected chi connectivity index (χ1v) is 26.6. The van der Waals surface area contributed by atoms with Crippen LogP contribution >= 0.6 is 15.6 Å². The van der Waals surface area contributed by atoms with E-state index in [0.717, 1.165) is 69.9 Å². The molecule has 382 valence electrons. The third-order valence-electron chi connectivity index (χ3n) is 11.0. The number of aliphatic hydroxyl groups is 5. The van der Waals surface area contributed by atoms with Crippen LogP contribution in [-0.2, 0) is 46.6 Å². The zero-order valence-corrected chi connectivity index (χ0v) is 40.7. The second kappa shape index (κ2) is 33.6. The number of rotatable bonds is 22. The van der Waals surface area contributed by atoms with E-state index in [1.54, 1.807) is 12.2 Å². The Bertz CT molecular complexity index is 1720. The van der Waals surface area contributed by atoms with Gasteiger partial charge in [0.25, 0.3) is 0 Å². The SMILES string of the molecule is CC/C=C\C/C=C\C/C=C\CCCCCCCC(=O)O[C@@H]1COC(=O)CCC/C=C\C[C@H]2/C=C\C(=O)[C@H](/C=C/[C@@H](O)CCCCC)[C@@H](O)[C@@H](OP(=O)(O)O)[C@@H](OP(=O)(O)OC1)[C@H](O)[C@@H](O)[C@@H]2O. The standard InChI is InChI=1S/C47H76O18P2/c1-3-5-7-8-9-10-11-12-13-14-15-16-17-18-24-28-41(51)63-37-33-61-40(50)27-23-20-19-22-25-35-29-32-39(49)38(31-30-36(48)26-21-6-4-2)43(53)46(64-66(56,57)58)47(45(55)44(54)42(35)52)65-67(59,60)62-34-37/h5,7,9-10,12-13,19,22,29-32,35-38,42-48,52-55H,3-4,6,8,11,14-18,20-21,23-28,33-34H2,1-2H3,(H,59,60)(H2,56,57,58)/b7-5-,10-9-,13-12-,22-19-,31-30+,32-29-/t35-,36-,37+,38-,42+,43+,44-,45+,46+,47-/m0/s1. The monoisotopic (exact) mass is 990 g/mol. The zero-order chi connectivity index (χ0) is 49.7. The van der Waals surface area contributed by atoms with Crippen LogP contribution in [0.5, 0.6) is 0 Å². The van der Waals surface area contributed by atoms with Crippen LogP contribution in [0.1, 0.15) is 129 Å². The zero-order valence-electron chi connectivity index (χ0n) is 38.9. The lowest BCUT2D eigenvalue weighted by atomic mass is 9.87. The Morgan fingerprint density at radius 1 is 0.881 bits per heavy atom. The highest BCUT2D eigenvalue weighted by atomic mass is 31.2. The molecule has 1 heterocycles. The Hall–Kier alpha value is -2.93. The average molecular weight is 991 g/mol. The normalized spacial score (nSPS) is 30.6. The van der Waals surface area contributed by atoms with Gasteiger partial charge >= 0.3 is 27.6 Å². The highest BCUT2D eigenvalue weighted by molar-refractivity contribution is 7.47. The number of hydrogen-bond donors (Lipinski definition) is 8. The number of phosphoric acid groups is 2. The van der Waals surface area contributed by atoms with E-state index in [1.807, 2.05) is 6.92 Å². The number of hydrogen-bond acceptors (Lipinski definition) is 15. The number of carbonyl (C=O) groups excluding carboxylic acids is 3. The topological polar surface area (TPSA) is 293 Å². The van der Waals surface area contributed by atoms with E-state index in [2.05, 4.69) is 43.4 Å². The van der Waals surface area contributed by atoms with Gasteiger partial charge in [-0.1, -0.05) is 119 Å². The molecule has 2 rings (SSSR count). The quantitative estimate of drug-likeness (QED) is 0.0250. The number of aliphatic hydroxyl groups excluding tert-OH is 5. The molecule has 0 saturated carbocycles. The Morgan fingerprint density at radius 2 is 1.57 bits per heavy atom. The van der Waals surface area contributed by atoms with Crippen molar-refractivity contribution in [3.05, 3.63) is 72.9 Å². The van der Waals surface area contributed by atoms with E-state index in [-0.39, 0.29) is 25.7 Å². The number of allylic oxidation sites excluding steroid dienone is 9. The number of cyclic esters (lactones) is 1. The summed E-state index contributed by atoms with van der Waals surface area (Å²) in [6.45, 7) is 2.46. The minimum Gasteiger partial charge on any atom is -0.462 e. The maximum absolute atomic E-state index is 13.8. The molecule has 1 aliphatic heterocycles. The van der Waals surface area contributed by atoms with Crippen molar-refractivity contribution in [2.45, 2.75) is 178 Å². The summed E-state index contributed by atoms with van der Waals surface area (Å²) >= 11 is 0. The highest BCUT2D eigenvalue weighted by Gasteiger charge is 2.50. The predicted molar refractivity (Wildman–Crippen MR) is 250 cm³/mol. The van der Waals surface area contributed by atoms with E-state index in [4.69, 9.17) is 23.0 Å². The summed E-state index contributed by atoms with van der Waals surface area (Å²) in [6, 6.07) is 0. The molecule has 0 fully saturated rings. The predicted octanol–water partition coefficient (Wildman–Crippen LogP) is 6.45. The Balaban J connectivity index is 2.35. The first-order valence-electron chi connectivity index (χ1n) is 23.5. The molecule has 20 heteroatoms. The number of esters is 2. The van der Waals surface area contributed by atoms with Gasteiger partial charge in [0.2, 0.25) is 0 Å². The van der Waals surface area contributed by atoms with Crippen molar-refractivity contribution in [1.29, 1.82) is 0 Å². The van der Waals surface area contributed by atoms with Crippen molar-refractivity contribution in [2.75, 3.05) is 13.2 Å². The Kier molecular flexibility index (Phi) is 30.2. The Labute approximate surface area is 395 Å². The van der Waals surface area contributed by atoms with Crippen molar-refractivity contribution in [1.82, 2.24) is 0 Å². The smallest absolute Gasteiger partial charge is 0.462 e. The molecule has 1 unspecified atom stereocenters. The number of ether oxygens (including phenoxy) is 2. The number of phosphoric ester groups is 2. The first kappa shape index (κ1) is 60.2. The summed E-state index contributed by atoms with van der Waals surface area (Å²) in [5, 5.41) is 56.5. The van der Waals surface area contributed by atoms with Gasteiger partial charge in [0, 0.05) is 18.8 Å². The number of fused-ring (bicyclic) bond motifs is 4. The lowest BCUT2D eigenvalue weighted by molar-refractivity contribution is -0.163. The summed E-state index contributed by atoms with van der Waals surface area (Å²) in [4.78, 5) is 70.4. The minimum absolute atomic E-state index is 0.0442. The fourth-order valence-electron chi connectivity index (χ4n) is 7.24. The van der Waals surface area contributed by atoms with Crippen molar-refractivity contribution >= 4 is 33.4 Å². The van der Waals surface area contributed by atoms with Crippen LogP contribution in [0.25, 0.3) is 0 Å². The number of ketones is 1. The maximum Gasteiger partial charge on any atom is 0.472 e. The molecule has 0 radical (unpaired) electrons. The molecular formula is C47H76O18P2. The summed E-state index contributed by atoms with van der Waals surface area (Å²) < 4.78 is 52.1. The van der Waals surface area contributed by atoms with E-state index in [1.165, 1.54) is 12.2 Å². The number of unbranched alkanes of at least 4 members (excludes halogenated alkanes) is 7. The fraction of sp³-hybridized carbons (Fsp3) is 0.681. The summed E-state index contributed by atoms with van der Waals surface area (Å²) in [5.74, 6) is -5.34. The summed E-state index contributed by atoms with van der Waals surface area (Å²) in [7, 11) is -11.4. The lowest BCUT2D eigenvalue weighted by Crippen LogP contribution is -2.56. The highest BCUT2D eigenvalue weighted by Crippen LogP contribution is 2.49. The van der Waals surface area contributed by atoms with Gasteiger partial charge in [-0.25, -0.2) is 9.13 Å². The molecule has 11 atom stereocenters. The van der Waals surface area contributed by atoms with Gasteiger partial charge in [-0.3, -0.25) is 28.0 Å². The van der Waals surface area contributed by atoms with Gasteiger partial charge in [0.05, 0.1) is 30.8 Å². The van der Waals surface area contributed by atoms with Crippen molar-refractivity contribution in [3.8, 4) is 0 Å². The van der Waals surface area contributed by atoms with Crippen LogP contribution in [0.4, 0.5) is 0 Å². The largest absolute Gasteiger partial charge is 0.472 e.